The highest BCUT2D eigenvalue weighted by Crippen LogP contribution is 2.50. The molecule has 5 atom stereocenters. The predicted molar refractivity (Wildman–Crippen MR) is 157 cm³/mol. The summed E-state index contributed by atoms with van der Waals surface area (Å²) in [5.74, 6) is 1.28. The van der Waals surface area contributed by atoms with Crippen LogP contribution in [-0.2, 0) is 0 Å². The second kappa shape index (κ2) is 18.8. The minimum absolute atomic E-state index is 0.0357. The molecule has 0 aromatic heterocycles. The third-order valence-corrected chi connectivity index (χ3v) is 8.95. The highest BCUT2D eigenvalue weighted by molar-refractivity contribution is 6.28. The summed E-state index contributed by atoms with van der Waals surface area (Å²) >= 11 is 14.9. The molecule has 0 nitrogen and oxygen atoms in total. The van der Waals surface area contributed by atoms with Gasteiger partial charge in [0, 0.05) is 17.2 Å². The van der Waals surface area contributed by atoms with E-state index in [0.717, 1.165) is 38.0 Å². The van der Waals surface area contributed by atoms with Gasteiger partial charge in [-0.2, -0.15) is 0 Å². The zero-order valence-corrected chi connectivity index (χ0v) is 24.4. The lowest BCUT2D eigenvalue weighted by molar-refractivity contribution is 0.327. The number of halogens is 2. The van der Waals surface area contributed by atoms with E-state index in [-0.39, 0.29) is 11.3 Å². The van der Waals surface area contributed by atoms with Crippen LogP contribution in [0.25, 0.3) is 0 Å². The van der Waals surface area contributed by atoms with Crippen LogP contribution in [0.3, 0.4) is 0 Å². The van der Waals surface area contributed by atoms with Gasteiger partial charge in [0.2, 0.25) is 0 Å². The van der Waals surface area contributed by atoms with Gasteiger partial charge in [-0.3, -0.25) is 0 Å². The molecular weight excluding hydrogens is 455 g/mol. The Balaban J connectivity index is 3.16. The van der Waals surface area contributed by atoms with E-state index in [2.05, 4.69) is 64.7 Å². The van der Waals surface area contributed by atoms with Gasteiger partial charge in [0.1, 0.15) is 0 Å². The molecule has 1 aliphatic carbocycles. The lowest BCUT2D eigenvalue weighted by Crippen LogP contribution is -2.45. The fourth-order valence-corrected chi connectivity index (χ4v) is 6.91. The Kier molecular flexibility index (Phi) is 17.4. The van der Waals surface area contributed by atoms with Crippen molar-refractivity contribution in [1.29, 1.82) is 0 Å². The second-order valence-corrected chi connectivity index (χ2v) is 11.6. The Labute approximate surface area is 223 Å². The normalized spacial score (nSPS) is 21.4. The third-order valence-electron chi connectivity index (χ3n) is 7.68. The van der Waals surface area contributed by atoms with Gasteiger partial charge in [0.15, 0.2) is 0 Å². The second-order valence-electron chi connectivity index (χ2n) is 10.4. The van der Waals surface area contributed by atoms with Crippen molar-refractivity contribution in [3.8, 4) is 0 Å². The summed E-state index contributed by atoms with van der Waals surface area (Å²) in [5.41, 5.74) is 1.34. The van der Waals surface area contributed by atoms with Crippen molar-refractivity contribution in [2.45, 2.75) is 134 Å². The van der Waals surface area contributed by atoms with Crippen molar-refractivity contribution in [3.05, 3.63) is 48.6 Å². The topological polar surface area (TPSA) is 0 Å². The lowest BCUT2D eigenvalue weighted by atomic mass is 9.69. The standard InChI is InChI=1S/C32H54Cl2/c1-6-11-14-22-27(21-12-7-2)23-17-26-28(18-8-3)32(34,29-24-15-13-16-25-29)30(19-9-4)31(33)20-10-5/h8-9,15,18-19,24,27,29-31H,3,6-7,10-14,16-17,20-23,25-26H2,1-2,4-5H3/b19-9-,28-18+. The Morgan fingerprint density at radius 2 is 1.74 bits per heavy atom. The van der Waals surface area contributed by atoms with Crippen molar-refractivity contribution in [2.75, 3.05) is 0 Å². The summed E-state index contributed by atoms with van der Waals surface area (Å²) in [6, 6.07) is 0. The average molecular weight is 510 g/mol. The van der Waals surface area contributed by atoms with Crippen LogP contribution in [-0.4, -0.2) is 10.3 Å². The van der Waals surface area contributed by atoms with Crippen LogP contribution in [0.2, 0.25) is 0 Å². The average Bonchev–Trinajstić information content (AvgIpc) is 2.85. The first-order valence-corrected chi connectivity index (χ1v) is 15.2. The van der Waals surface area contributed by atoms with Gasteiger partial charge in [0.05, 0.1) is 4.87 Å². The first-order chi connectivity index (χ1) is 16.5. The lowest BCUT2D eigenvalue weighted by Gasteiger charge is -2.44. The monoisotopic (exact) mass is 508 g/mol. The van der Waals surface area contributed by atoms with Gasteiger partial charge in [-0.1, -0.05) is 122 Å². The molecule has 0 N–H and O–H groups in total. The number of alkyl halides is 2. The molecule has 1 aliphatic rings. The van der Waals surface area contributed by atoms with E-state index >= 15 is 0 Å². The highest BCUT2D eigenvalue weighted by atomic mass is 35.5. The molecule has 2 heteroatoms. The maximum absolute atomic E-state index is 7.84. The first-order valence-electron chi connectivity index (χ1n) is 14.4. The summed E-state index contributed by atoms with van der Waals surface area (Å²) < 4.78 is 0. The van der Waals surface area contributed by atoms with Crippen LogP contribution in [0, 0.1) is 17.8 Å². The minimum atomic E-state index is -0.486. The highest BCUT2D eigenvalue weighted by Gasteiger charge is 2.46. The maximum Gasteiger partial charge on any atom is 0.0796 e. The quantitative estimate of drug-likeness (QED) is 0.0703. The van der Waals surface area contributed by atoms with Crippen LogP contribution < -0.4 is 0 Å². The van der Waals surface area contributed by atoms with E-state index in [9.17, 15) is 0 Å². The molecule has 0 spiro atoms. The number of hydrogen-bond acceptors (Lipinski definition) is 0. The zero-order valence-electron chi connectivity index (χ0n) is 22.8. The van der Waals surface area contributed by atoms with Gasteiger partial charge in [0.25, 0.3) is 0 Å². The van der Waals surface area contributed by atoms with Crippen molar-refractivity contribution in [2.24, 2.45) is 17.8 Å². The van der Waals surface area contributed by atoms with Crippen molar-refractivity contribution >= 4 is 23.2 Å². The molecule has 1 rings (SSSR count). The van der Waals surface area contributed by atoms with Crippen LogP contribution >= 0.6 is 23.2 Å². The molecule has 34 heavy (non-hydrogen) atoms. The number of hydrogen-bond donors (Lipinski definition) is 0. The smallest absolute Gasteiger partial charge is 0.0796 e. The Hall–Kier alpha value is -0.460. The molecule has 0 aromatic rings. The van der Waals surface area contributed by atoms with Crippen molar-refractivity contribution in [3.63, 3.8) is 0 Å². The van der Waals surface area contributed by atoms with Crippen LogP contribution in [0.1, 0.15) is 124 Å². The van der Waals surface area contributed by atoms with Crippen LogP contribution in [0.4, 0.5) is 0 Å². The molecule has 0 aliphatic heterocycles. The van der Waals surface area contributed by atoms with Crippen molar-refractivity contribution in [1.82, 2.24) is 0 Å². The Bertz CT molecular complexity index is 617. The molecule has 0 bridgehead atoms. The molecule has 0 amide bonds. The number of unbranched alkanes of at least 4 members (excludes halogenated alkanes) is 3. The Morgan fingerprint density at radius 3 is 2.32 bits per heavy atom. The molecule has 0 saturated heterocycles. The van der Waals surface area contributed by atoms with E-state index in [1.807, 2.05) is 6.08 Å². The Morgan fingerprint density at radius 1 is 1.03 bits per heavy atom. The van der Waals surface area contributed by atoms with E-state index in [0.29, 0.717) is 5.92 Å². The van der Waals surface area contributed by atoms with Gasteiger partial charge < -0.3 is 0 Å². The fourth-order valence-electron chi connectivity index (χ4n) is 5.78. The predicted octanol–water partition coefficient (Wildman–Crippen LogP) is 11.6. The minimum Gasteiger partial charge on any atom is -0.122 e. The van der Waals surface area contributed by atoms with Gasteiger partial charge in [-0.05, 0) is 56.9 Å². The largest absolute Gasteiger partial charge is 0.122 e. The van der Waals surface area contributed by atoms with Gasteiger partial charge in [-0.15, -0.1) is 23.2 Å². The SMILES string of the molecule is C=C/C=C(\CCCC(CCCC)CCCCC)C(Cl)(C1C=CCCC1)C(/C=C\C)C(Cl)CCC. The number of allylic oxidation sites excluding steroid dienone is 7. The number of rotatable bonds is 19. The van der Waals surface area contributed by atoms with Crippen molar-refractivity contribution < 1.29 is 0 Å². The molecule has 0 saturated carbocycles. The summed E-state index contributed by atoms with van der Waals surface area (Å²) in [4.78, 5) is -0.486. The molecule has 0 radical (unpaired) electrons. The summed E-state index contributed by atoms with van der Waals surface area (Å²) in [7, 11) is 0. The maximum atomic E-state index is 7.84. The van der Waals surface area contributed by atoms with E-state index < -0.39 is 4.87 Å². The van der Waals surface area contributed by atoms with Gasteiger partial charge in [-0.25, -0.2) is 0 Å². The van der Waals surface area contributed by atoms with Crippen LogP contribution in [0.5, 0.6) is 0 Å². The van der Waals surface area contributed by atoms with Gasteiger partial charge >= 0.3 is 0 Å². The van der Waals surface area contributed by atoms with E-state index in [1.165, 1.54) is 69.8 Å². The van der Waals surface area contributed by atoms with Crippen LogP contribution in [0.15, 0.2) is 48.6 Å². The molecule has 0 aromatic carbocycles. The van der Waals surface area contributed by atoms with E-state index in [1.54, 1.807) is 0 Å². The molecule has 0 heterocycles. The summed E-state index contributed by atoms with van der Waals surface area (Å²) in [6.07, 6.45) is 31.9. The zero-order chi connectivity index (χ0) is 25.2. The first kappa shape index (κ1) is 31.6. The molecule has 196 valence electrons. The fraction of sp³-hybridized carbons (Fsp3) is 0.750. The summed E-state index contributed by atoms with van der Waals surface area (Å²) in [5, 5.41) is 0.0357. The molecule has 0 fully saturated rings. The molecule has 5 unspecified atom stereocenters. The van der Waals surface area contributed by atoms with E-state index in [4.69, 9.17) is 23.2 Å². The third kappa shape index (κ3) is 10.3. The molecular formula is C32H54Cl2. The summed E-state index contributed by atoms with van der Waals surface area (Å²) in [6.45, 7) is 13.0.